The molecule has 3 aromatic carbocycles. The van der Waals surface area contributed by atoms with Crippen molar-refractivity contribution in [2.24, 2.45) is 0 Å². The molecule has 4 aromatic rings. The maximum Gasteiger partial charge on any atom is 0.269 e. The van der Waals surface area contributed by atoms with E-state index < -0.39 is 0 Å². The predicted octanol–water partition coefficient (Wildman–Crippen LogP) is 4.70. The van der Waals surface area contributed by atoms with Crippen molar-refractivity contribution in [3.63, 3.8) is 0 Å². The zero-order valence-electron chi connectivity index (χ0n) is 17.3. The van der Waals surface area contributed by atoms with Crippen LogP contribution in [0.25, 0.3) is 22.9 Å². The van der Waals surface area contributed by atoms with Crippen molar-refractivity contribution in [2.45, 2.75) is 0 Å². The number of carbonyl (C=O) groups is 1. The summed E-state index contributed by atoms with van der Waals surface area (Å²) in [5, 5.41) is 11.8. The second kappa shape index (κ2) is 10.1. The summed E-state index contributed by atoms with van der Waals surface area (Å²) < 4.78 is 10.9. The third-order valence-electron chi connectivity index (χ3n) is 4.54. The number of hydrogen-bond donors (Lipinski definition) is 3. The summed E-state index contributed by atoms with van der Waals surface area (Å²) in [4.78, 5) is 12.4. The maximum atomic E-state index is 12.4. The van der Waals surface area contributed by atoms with Gasteiger partial charge in [0, 0.05) is 22.9 Å². The SMILES string of the molecule is COc1cccc(NC(=S)NNC(=O)c2ccc(-c3nnc(-c4ccccc4Cl)o3)cc2)c1. The van der Waals surface area contributed by atoms with Crippen LogP contribution in [-0.4, -0.2) is 28.3 Å². The molecule has 33 heavy (non-hydrogen) atoms. The van der Waals surface area contributed by atoms with Gasteiger partial charge in [0.05, 0.1) is 17.7 Å². The van der Waals surface area contributed by atoms with Crippen molar-refractivity contribution in [3.8, 4) is 28.7 Å². The Kier molecular flexibility index (Phi) is 6.82. The lowest BCUT2D eigenvalue weighted by molar-refractivity contribution is 0.0944. The van der Waals surface area contributed by atoms with Crippen LogP contribution >= 0.6 is 23.8 Å². The minimum atomic E-state index is -0.362. The summed E-state index contributed by atoms with van der Waals surface area (Å²) in [7, 11) is 1.58. The Morgan fingerprint density at radius 1 is 0.970 bits per heavy atom. The van der Waals surface area contributed by atoms with Crippen LogP contribution < -0.4 is 20.9 Å². The van der Waals surface area contributed by atoms with Crippen LogP contribution in [0.1, 0.15) is 10.4 Å². The first-order chi connectivity index (χ1) is 16.0. The number of aromatic nitrogens is 2. The van der Waals surface area contributed by atoms with Crippen LogP contribution in [0.15, 0.2) is 77.2 Å². The molecule has 0 fully saturated rings. The molecule has 1 aromatic heterocycles. The standard InChI is InChI=1S/C23H18ClN5O3S/c1-31-17-6-4-5-16(13-17)25-23(33)29-26-20(30)14-9-11-15(12-10-14)21-27-28-22(32-21)18-7-2-3-8-19(18)24/h2-13H,1H3,(H,26,30)(H2,25,29,33). The third kappa shape index (κ3) is 5.46. The zero-order valence-corrected chi connectivity index (χ0v) is 18.9. The number of halogens is 1. The normalized spacial score (nSPS) is 10.4. The van der Waals surface area contributed by atoms with Crippen molar-refractivity contribution in [2.75, 3.05) is 12.4 Å². The van der Waals surface area contributed by atoms with E-state index in [-0.39, 0.29) is 11.0 Å². The molecule has 0 radical (unpaired) electrons. The van der Waals surface area contributed by atoms with E-state index >= 15 is 0 Å². The largest absolute Gasteiger partial charge is 0.497 e. The van der Waals surface area contributed by atoms with Crippen molar-refractivity contribution in [1.82, 2.24) is 21.0 Å². The first-order valence-corrected chi connectivity index (χ1v) is 10.5. The van der Waals surface area contributed by atoms with Gasteiger partial charge in [-0.1, -0.05) is 29.8 Å². The molecule has 0 saturated heterocycles. The Morgan fingerprint density at radius 2 is 1.73 bits per heavy atom. The number of rotatable bonds is 5. The van der Waals surface area contributed by atoms with Crippen molar-refractivity contribution in [3.05, 3.63) is 83.4 Å². The smallest absolute Gasteiger partial charge is 0.269 e. The van der Waals surface area contributed by atoms with Crippen LogP contribution in [0, 0.1) is 0 Å². The number of nitrogens with zero attached hydrogens (tertiary/aromatic N) is 2. The third-order valence-corrected chi connectivity index (χ3v) is 5.07. The number of hydrogen-bond acceptors (Lipinski definition) is 6. The van der Waals surface area contributed by atoms with Gasteiger partial charge in [-0.05, 0) is 60.7 Å². The second-order valence-electron chi connectivity index (χ2n) is 6.73. The average molecular weight is 480 g/mol. The molecule has 0 spiro atoms. The lowest BCUT2D eigenvalue weighted by Crippen LogP contribution is -2.43. The monoisotopic (exact) mass is 479 g/mol. The molecule has 0 unspecified atom stereocenters. The highest BCUT2D eigenvalue weighted by molar-refractivity contribution is 7.80. The maximum absolute atomic E-state index is 12.4. The first-order valence-electron chi connectivity index (χ1n) is 9.74. The number of methoxy groups -OCH3 is 1. The van der Waals surface area contributed by atoms with E-state index in [9.17, 15) is 4.79 Å². The molecular formula is C23H18ClN5O3S. The van der Waals surface area contributed by atoms with Gasteiger partial charge in [-0.25, -0.2) is 0 Å². The van der Waals surface area contributed by atoms with E-state index in [1.807, 2.05) is 30.3 Å². The molecular weight excluding hydrogens is 462 g/mol. The number of hydrazine groups is 1. The fraction of sp³-hybridized carbons (Fsp3) is 0.0435. The highest BCUT2D eigenvalue weighted by Gasteiger charge is 2.14. The van der Waals surface area contributed by atoms with E-state index in [1.54, 1.807) is 49.6 Å². The predicted molar refractivity (Wildman–Crippen MR) is 130 cm³/mol. The van der Waals surface area contributed by atoms with Crippen molar-refractivity contribution in [1.29, 1.82) is 0 Å². The van der Waals surface area contributed by atoms with E-state index in [1.165, 1.54) is 0 Å². The van der Waals surface area contributed by atoms with E-state index in [0.717, 1.165) is 5.69 Å². The molecule has 0 aliphatic heterocycles. The molecule has 3 N–H and O–H groups in total. The van der Waals surface area contributed by atoms with Gasteiger partial charge in [0.25, 0.3) is 5.91 Å². The Morgan fingerprint density at radius 3 is 2.48 bits per heavy atom. The summed E-state index contributed by atoms with van der Waals surface area (Å²) in [5.74, 6) is 0.961. The highest BCUT2D eigenvalue weighted by Crippen LogP contribution is 2.29. The summed E-state index contributed by atoms with van der Waals surface area (Å²) >= 11 is 11.4. The topological polar surface area (TPSA) is 101 Å². The quantitative estimate of drug-likeness (QED) is 0.280. The molecule has 8 nitrogen and oxygen atoms in total. The zero-order chi connectivity index (χ0) is 23.2. The Hall–Kier alpha value is -3.95. The molecule has 0 bridgehead atoms. The molecule has 1 amide bonds. The molecule has 10 heteroatoms. The number of amides is 1. The number of ether oxygens (including phenoxy) is 1. The molecule has 0 aliphatic carbocycles. The Labute approximate surface area is 199 Å². The fourth-order valence-electron chi connectivity index (χ4n) is 2.90. The van der Waals surface area contributed by atoms with Gasteiger partial charge in [-0.2, -0.15) is 0 Å². The molecule has 4 rings (SSSR count). The Bertz CT molecular complexity index is 1290. The van der Waals surface area contributed by atoms with Crippen molar-refractivity contribution >= 4 is 40.5 Å². The molecule has 0 aliphatic rings. The minimum Gasteiger partial charge on any atom is -0.497 e. The number of carbonyl (C=O) groups excluding carboxylic acids is 1. The van der Waals surface area contributed by atoms with Gasteiger partial charge >= 0.3 is 0 Å². The number of benzene rings is 3. The van der Waals surface area contributed by atoms with E-state index in [0.29, 0.717) is 39.2 Å². The minimum absolute atomic E-state index is 0.228. The summed E-state index contributed by atoms with van der Waals surface area (Å²) in [6.07, 6.45) is 0. The lowest BCUT2D eigenvalue weighted by Gasteiger charge is -2.12. The van der Waals surface area contributed by atoms with Crippen LogP contribution in [0.3, 0.4) is 0 Å². The molecule has 1 heterocycles. The highest BCUT2D eigenvalue weighted by atomic mass is 35.5. The van der Waals surface area contributed by atoms with Crippen LogP contribution in [0.2, 0.25) is 5.02 Å². The van der Waals surface area contributed by atoms with Crippen LogP contribution in [0.5, 0.6) is 5.75 Å². The lowest BCUT2D eigenvalue weighted by atomic mass is 10.1. The van der Waals surface area contributed by atoms with Gasteiger partial charge < -0.3 is 14.5 Å². The summed E-state index contributed by atoms with van der Waals surface area (Å²) in [6.45, 7) is 0. The van der Waals surface area contributed by atoms with Gasteiger partial charge in [0.1, 0.15) is 5.75 Å². The van der Waals surface area contributed by atoms with E-state index in [2.05, 4.69) is 26.4 Å². The Balaban J connectivity index is 1.35. The molecule has 0 atom stereocenters. The number of anilines is 1. The van der Waals surface area contributed by atoms with Crippen LogP contribution in [-0.2, 0) is 0 Å². The number of nitrogens with one attached hydrogen (secondary N) is 3. The van der Waals surface area contributed by atoms with Gasteiger partial charge in [0.2, 0.25) is 11.8 Å². The first kappa shape index (κ1) is 22.3. The van der Waals surface area contributed by atoms with Crippen molar-refractivity contribution < 1.29 is 13.9 Å². The van der Waals surface area contributed by atoms with E-state index in [4.69, 9.17) is 33.0 Å². The van der Waals surface area contributed by atoms with Gasteiger partial charge in [0.15, 0.2) is 5.11 Å². The van der Waals surface area contributed by atoms with Crippen LogP contribution in [0.4, 0.5) is 5.69 Å². The van der Waals surface area contributed by atoms with Gasteiger partial charge in [-0.15, -0.1) is 10.2 Å². The fourth-order valence-corrected chi connectivity index (χ4v) is 3.28. The summed E-state index contributed by atoms with van der Waals surface area (Å²) in [5.41, 5.74) is 7.67. The molecule has 0 saturated carbocycles. The number of thiocarbonyl (C=S) groups is 1. The second-order valence-corrected chi connectivity index (χ2v) is 7.55. The van der Waals surface area contributed by atoms with Gasteiger partial charge in [-0.3, -0.25) is 15.6 Å². The average Bonchev–Trinajstić information content (AvgIpc) is 3.33. The summed E-state index contributed by atoms with van der Waals surface area (Å²) in [6, 6.07) is 21.2. The molecule has 166 valence electrons.